The van der Waals surface area contributed by atoms with Crippen LogP contribution in [-0.4, -0.2) is 95.9 Å². The monoisotopic (exact) mass is 1400 g/mol. The second-order valence-electron chi connectivity index (χ2n) is 25.1. The molecule has 0 amide bonds. The number of aliphatic hydroxyl groups excluding tert-OH is 2. The minimum Gasteiger partial charge on any atom is -0.463 e. The van der Waals surface area contributed by atoms with Crippen molar-refractivity contribution in [1.29, 1.82) is 0 Å². The molecular formula is C79H136O16P2. The second kappa shape index (κ2) is 71.8. The van der Waals surface area contributed by atoms with Gasteiger partial charge >= 0.3 is 33.6 Å². The van der Waals surface area contributed by atoms with Crippen molar-refractivity contribution < 1.29 is 75.8 Å². The van der Waals surface area contributed by atoms with Crippen LogP contribution in [0.5, 0.6) is 0 Å². The van der Waals surface area contributed by atoms with Gasteiger partial charge in [-0.2, -0.15) is 0 Å². The van der Waals surface area contributed by atoms with Crippen molar-refractivity contribution >= 4 is 33.6 Å². The predicted molar refractivity (Wildman–Crippen MR) is 399 cm³/mol. The molecule has 0 fully saturated rings. The van der Waals surface area contributed by atoms with Crippen LogP contribution in [-0.2, 0) is 55.8 Å². The van der Waals surface area contributed by atoms with Crippen molar-refractivity contribution in [1.82, 2.24) is 0 Å². The Morgan fingerprint density at radius 3 is 0.907 bits per heavy atom. The van der Waals surface area contributed by atoms with Crippen LogP contribution in [0, 0.1) is 0 Å². The number of carbonyl (C=O) groups is 3. The molecule has 0 aliphatic rings. The molecule has 0 bridgehead atoms. The van der Waals surface area contributed by atoms with E-state index >= 15 is 0 Å². The first-order chi connectivity index (χ1) is 47.2. The molecule has 0 aromatic carbocycles. The lowest BCUT2D eigenvalue weighted by atomic mass is 10.0. The van der Waals surface area contributed by atoms with E-state index in [0.29, 0.717) is 19.3 Å². The van der Waals surface area contributed by atoms with Gasteiger partial charge in [-0.15, -0.1) is 0 Å². The van der Waals surface area contributed by atoms with Crippen LogP contribution in [0.4, 0.5) is 0 Å². The SMILES string of the molecule is CC/C=C\C/C=C\C/C=C\C/C=C\C/C=C\C/C=C\CCCCC(=O)OCC(COP(=O)(O)OCC(O)COP(=O)(O)OCC(O)COC(=O)CCCCCCCCCCCCCCC/C=C\C/C=C\C/C=C\C/C=C\CCCCC)OC(=O)CCCCCCCCCCCCC. The zero-order valence-corrected chi connectivity index (χ0v) is 62.5. The molecule has 0 aliphatic carbocycles. The third-order valence-electron chi connectivity index (χ3n) is 15.7. The summed E-state index contributed by atoms with van der Waals surface area (Å²) in [6, 6.07) is 0. The van der Waals surface area contributed by atoms with Crippen LogP contribution in [0.1, 0.15) is 303 Å². The highest BCUT2D eigenvalue weighted by molar-refractivity contribution is 7.47. The molecule has 4 N–H and O–H groups in total. The maximum Gasteiger partial charge on any atom is 0.472 e. The van der Waals surface area contributed by atoms with E-state index in [4.69, 9.17) is 32.3 Å². The van der Waals surface area contributed by atoms with Gasteiger partial charge in [-0.1, -0.05) is 290 Å². The van der Waals surface area contributed by atoms with E-state index in [0.717, 1.165) is 122 Å². The summed E-state index contributed by atoms with van der Waals surface area (Å²) in [5.74, 6) is -1.62. The fourth-order valence-electron chi connectivity index (χ4n) is 9.91. The number of rotatable bonds is 71. The Balaban J connectivity index is 4.48. The van der Waals surface area contributed by atoms with Crippen molar-refractivity contribution in [2.45, 2.75) is 322 Å². The van der Waals surface area contributed by atoms with Gasteiger partial charge in [0.1, 0.15) is 25.4 Å². The summed E-state index contributed by atoms with van der Waals surface area (Å²) in [5, 5.41) is 20.6. The van der Waals surface area contributed by atoms with Gasteiger partial charge in [-0.25, -0.2) is 9.13 Å². The fourth-order valence-corrected chi connectivity index (χ4v) is 11.5. The van der Waals surface area contributed by atoms with Crippen LogP contribution in [0.2, 0.25) is 0 Å². The zero-order valence-electron chi connectivity index (χ0n) is 60.7. The summed E-state index contributed by atoms with van der Waals surface area (Å²) in [6.45, 7) is 2.48. The van der Waals surface area contributed by atoms with Crippen molar-refractivity contribution in [2.75, 3.05) is 39.6 Å². The molecule has 0 heterocycles. The smallest absolute Gasteiger partial charge is 0.463 e. The third kappa shape index (κ3) is 73.0. The number of unbranched alkanes of at least 4 members (excludes halogenated alkanes) is 28. The Morgan fingerprint density at radius 1 is 0.299 bits per heavy atom. The van der Waals surface area contributed by atoms with E-state index in [2.05, 4.69) is 142 Å². The minimum atomic E-state index is -4.93. The van der Waals surface area contributed by atoms with Gasteiger partial charge < -0.3 is 34.2 Å². The molecule has 16 nitrogen and oxygen atoms in total. The number of ether oxygens (including phenoxy) is 3. The Kier molecular flexibility index (Phi) is 68.8. The van der Waals surface area contributed by atoms with Crippen molar-refractivity contribution in [2.24, 2.45) is 0 Å². The molecule has 5 unspecified atom stereocenters. The summed E-state index contributed by atoms with van der Waals surface area (Å²) in [7, 11) is -9.79. The van der Waals surface area contributed by atoms with E-state index in [9.17, 15) is 43.5 Å². The number of allylic oxidation sites excluding steroid dienone is 20. The van der Waals surface area contributed by atoms with Crippen LogP contribution in [0.3, 0.4) is 0 Å². The highest BCUT2D eigenvalue weighted by atomic mass is 31.2. The Bertz CT molecular complexity index is 2250. The molecule has 0 aliphatic heterocycles. The van der Waals surface area contributed by atoms with Crippen LogP contribution in [0.25, 0.3) is 0 Å². The summed E-state index contributed by atoms with van der Waals surface area (Å²) in [5.41, 5.74) is 0. The van der Waals surface area contributed by atoms with E-state index in [1.165, 1.54) is 122 Å². The molecule has 5 atom stereocenters. The fraction of sp³-hybridized carbons (Fsp3) is 0.709. The minimum absolute atomic E-state index is 0.0948. The first-order valence-corrected chi connectivity index (χ1v) is 40.8. The van der Waals surface area contributed by atoms with Gasteiger partial charge in [0.25, 0.3) is 0 Å². The van der Waals surface area contributed by atoms with Gasteiger partial charge in [0.15, 0.2) is 6.10 Å². The van der Waals surface area contributed by atoms with Gasteiger partial charge in [0.2, 0.25) is 0 Å². The molecule has 0 aromatic rings. The number of phosphoric ester groups is 2. The molecule has 558 valence electrons. The molecule has 0 rings (SSSR count). The predicted octanol–water partition coefficient (Wildman–Crippen LogP) is 21.8. The van der Waals surface area contributed by atoms with Gasteiger partial charge in [0.05, 0.1) is 26.4 Å². The Hall–Kier alpha value is -4.05. The van der Waals surface area contributed by atoms with Crippen molar-refractivity contribution in [3.63, 3.8) is 0 Å². The number of phosphoric acid groups is 2. The average molecular weight is 1400 g/mol. The van der Waals surface area contributed by atoms with E-state index in [1.807, 2.05) is 0 Å². The van der Waals surface area contributed by atoms with Crippen molar-refractivity contribution in [3.8, 4) is 0 Å². The van der Waals surface area contributed by atoms with Gasteiger partial charge in [-0.05, 0) is 116 Å². The Morgan fingerprint density at radius 2 is 0.546 bits per heavy atom. The number of aliphatic hydroxyl groups is 2. The van der Waals surface area contributed by atoms with E-state index in [1.54, 1.807) is 0 Å². The third-order valence-corrected chi connectivity index (χ3v) is 17.6. The molecular weight excluding hydrogens is 1270 g/mol. The maximum absolute atomic E-state index is 12.9. The highest BCUT2D eigenvalue weighted by Gasteiger charge is 2.29. The summed E-state index contributed by atoms with van der Waals surface area (Å²) in [4.78, 5) is 58.4. The number of carbonyl (C=O) groups excluding carboxylic acids is 3. The van der Waals surface area contributed by atoms with Gasteiger partial charge in [0, 0.05) is 19.3 Å². The van der Waals surface area contributed by atoms with Crippen molar-refractivity contribution in [3.05, 3.63) is 122 Å². The molecule has 0 saturated carbocycles. The topological polar surface area (TPSA) is 231 Å². The van der Waals surface area contributed by atoms with E-state index < -0.39 is 91.5 Å². The lowest BCUT2D eigenvalue weighted by Crippen LogP contribution is -2.30. The summed E-state index contributed by atoms with van der Waals surface area (Å²) >= 11 is 0. The van der Waals surface area contributed by atoms with Crippen LogP contribution < -0.4 is 0 Å². The second-order valence-corrected chi connectivity index (χ2v) is 28.0. The van der Waals surface area contributed by atoms with Crippen LogP contribution in [0.15, 0.2) is 122 Å². The molecule has 97 heavy (non-hydrogen) atoms. The first-order valence-electron chi connectivity index (χ1n) is 37.8. The number of hydrogen-bond donors (Lipinski definition) is 4. The lowest BCUT2D eigenvalue weighted by molar-refractivity contribution is -0.161. The quantitative estimate of drug-likeness (QED) is 0.0146. The van der Waals surface area contributed by atoms with Gasteiger partial charge in [-0.3, -0.25) is 32.5 Å². The van der Waals surface area contributed by atoms with Crippen LogP contribution >= 0.6 is 15.6 Å². The first kappa shape index (κ1) is 93.0. The number of esters is 3. The average Bonchev–Trinajstić information content (AvgIpc) is 1.95. The Labute approximate surface area is 589 Å². The molecule has 0 spiro atoms. The standard InChI is InChI=1S/C79H136O16P2/c1-4-7-10-13-16-19-22-24-26-28-30-32-33-34-35-36-37-38-39-41-43-44-46-48-51-53-56-59-62-65-77(82)89-68-74(80)69-91-96(85,86)92-70-75(81)71-93-97(87,88)94-73-76(95-79(84)67-64-61-58-55-50-21-18-15-12-9-6-3)72-90-78(83)66-63-60-57-54-52-49-47-45-42-40-31-29-27-25-23-20-17-14-11-8-5-2/h8,11,16-17,19-20,24-27,30-32,34-35,40,45,47,52,54,74-76,80-81H,4-7,9-10,12-15,18,21-23,28-29,33,36-39,41-44,46,48-51,53,55-73H2,1-3H3,(H,85,86)(H,87,88)/b11-8-,19-16-,20-17-,26-24-,27-25-,32-30-,35-34-,40-31-,47-45-,54-52-. The lowest BCUT2D eigenvalue weighted by Gasteiger charge is -2.21. The highest BCUT2D eigenvalue weighted by Crippen LogP contribution is 2.45. The molecule has 0 saturated heterocycles. The molecule has 0 radical (unpaired) electrons. The zero-order chi connectivity index (χ0) is 70.9. The number of hydrogen-bond acceptors (Lipinski definition) is 14. The summed E-state index contributed by atoms with van der Waals surface area (Å²) in [6.07, 6.45) is 84.1. The van der Waals surface area contributed by atoms with E-state index in [-0.39, 0.29) is 19.3 Å². The summed E-state index contributed by atoms with van der Waals surface area (Å²) < 4.78 is 60.9. The normalized spacial score (nSPS) is 14.8. The molecule has 18 heteroatoms. The largest absolute Gasteiger partial charge is 0.472 e. The maximum atomic E-state index is 12.9. The molecule has 0 aromatic heterocycles.